The molecule has 0 saturated heterocycles. The monoisotopic (exact) mass is 342 g/mol. The SMILES string of the molecule is CCOc1cc(C(O)CC)cc2c(=O)c3cc(C(=O)O)ccc3oc12. The van der Waals surface area contributed by atoms with E-state index in [0.717, 1.165) is 0 Å². The van der Waals surface area contributed by atoms with Gasteiger partial charge >= 0.3 is 5.97 Å². The number of fused-ring (bicyclic) bond motifs is 2. The molecular formula is C19H18O6. The molecule has 0 spiro atoms. The number of carboxylic acid groups (broad SMARTS) is 1. The Morgan fingerprint density at radius 1 is 1.20 bits per heavy atom. The van der Waals surface area contributed by atoms with Gasteiger partial charge in [-0.15, -0.1) is 0 Å². The largest absolute Gasteiger partial charge is 0.490 e. The van der Waals surface area contributed by atoms with E-state index in [-0.39, 0.29) is 32.9 Å². The van der Waals surface area contributed by atoms with E-state index in [2.05, 4.69) is 0 Å². The smallest absolute Gasteiger partial charge is 0.335 e. The average molecular weight is 342 g/mol. The van der Waals surface area contributed by atoms with Crippen LogP contribution in [0.4, 0.5) is 0 Å². The quantitative estimate of drug-likeness (QED) is 0.689. The molecule has 0 bridgehead atoms. The second-order valence-electron chi connectivity index (χ2n) is 5.70. The van der Waals surface area contributed by atoms with Gasteiger partial charge in [0.2, 0.25) is 5.43 Å². The van der Waals surface area contributed by atoms with Gasteiger partial charge in [-0.25, -0.2) is 4.79 Å². The van der Waals surface area contributed by atoms with Crippen molar-refractivity contribution in [2.24, 2.45) is 0 Å². The van der Waals surface area contributed by atoms with Crippen LogP contribution in [0, 0.1) is 0 Å². The zero-order valence-corrected chi connectivity index (χ0v) is 13.9. The minimum atomic E-state index is -1.12. The van der Waals surface area contributed by atoms with Gasteiger partial charge in [-0.2, -0.15) is 0 Å². The van der Waals surface area contributed by atoms with E-state index >= 15 is 0 Å². The number of aliphatic hydroxyl groups excluding tert-OH is 1. The van der Waals surface area contributed by atoms with Crippen molar-refractivity contribution in [1.82, 2.24) is 0 Å². The lowest BCUT2D eigenvalue weighted by atomic mass is 10.0. The van der Waals surface area contributed by atoms with Crippen LogP contribution in [0.25, 0.3) is 21.9 Å². The van der Waals surface area contributed by atoms with E-state index in [1.54, 1.807) is 12.1 Å². The normalized spacial score (nSPS) is 12.4. The van der Waals surface area contributed by atoms with Crippen LogP contribution in [0.1, 0.15) is 42.3 Å². The number of rotatable bonds is 5. The molecule has 130 valence electrons. The van der Waals surface area contributed by atoms with Gasteiger partial charge in [0, 0.05) is 0 Å². The molecule has 2 N–H and O–H groups in total. The van der Waals surface area contributed by atoms with Gasteiger partial charge in [-0.1, -0.05) is 6.92 Å². The fourth-order valence-electron chi connectivity index (χ4n) is 2.77. The summed E-state index contributed by atoms with van der Waals surface area (Å²) >= 11 is 0. The molecule has 0 radical (unpaired) electrons. The van der Waals surface area contributed by atoms with Crippen LogP contribution in [0.2, 0.25) is 0 Å². The second kappa shape index (κ2) is 6.57. The lowest BCUT2D eigenvalue weighted by molar-refractivity contribution is 0.0697. The summed E-state index contributed by atoms with van der Waals surface area (Å²) in [6, 6.07) is 7.39. The van der Waals surface area contributed by atoms with Gasteiger partial charge in [0.1, 0.15) is 5.58 Å². The van der Waals surface area contributed by atoms with E-state index in [4.69, 9.17) is 14.3 Å². The summed E-state index contributed by atoms with van der Waals surface area (Å²) < 4.78 is 11.4. The molecule has 0 fully saturated rings. The molecular weight excluding hydrogens is 324 g/mol. The molecule has 3 rings (SSSR count). The average Bonchev–Trinajstić information content (AvgIpc) is 2.61. The number of hydrogen-bond acceptors (Lipinski definition) is 5. The van der Waals surface area contributed by atoms with Crippen molar-refractivity contribution in [2.45, 2.75) is 26.4 Å². The number of carbonyl (C=O) groups is 1. The van der Waals surface area contributed by atoms with Gasteiger partial charge in [0.15, 0.2) is 11.3 Å². The zero-order chi connectivity index (χ0) is 18.1. The molecule has 2 aromatic carbocycles. The third kappa shape index (κ3) is 2.96. The maximum Gasteiger partial charge on any atom is 0.335 e. The van der Waals surface area contributed by atoms with E-state index in [1.807, 2.05) is 13.8 Å². The van der Waals surface area contributed by atoms with Crippen molar-refractivity contribution in [2.75, 3.05) is 6.61 Å². The fourth-order valence-corrected chi connectivity index (χ4v) is 2.77. The Morgan fingerprint density at radius 2 is 1.96 bits per heavy atom. The predicted molar refractivity (Wildman–Crippen MR) is 93.4 cm³/mol. The Hall–Kier alpha value is -2.86. The molecule has 6 nitrogen and oxygen atoms in total. The molecule has 0 saturated carbocycles. The highest BCUT2D eigenvalue weighted by molar-refractivity contribution is 5.97. The summed E-state index contributed by atoms with van der Waals surface area (Å²) in [5, 5.41) is 19.7. The van der Waals surface area contributed by atoms with Gasteiger partial charge in [0.25, 0.3) is 0 Å². The number of hydrogen-bond donors (Lipinski definition) is 2. The number of carboxylic acids is 1. The number of ether oxygens (including phenoxy) is 1. The van der Waals surface area contributed by atoms with Crippen molar-refractivity contribution in [3.05, 3.63) is 51.7 Å². The van der Waals surface area contributed by atoms with E-state index in [1.165, 1.54) is 18.2 Å². The molecule has 3 aromatic rings. The van der Waals surface area contributed by atoms with E-state index in [9.17, 15) is 14.7 Å². The molecule has 1 unspecified atom stereocenters. The first kappa shape index (κ1) is 17.0. The van der Waals surface area contributed by atoms with Crippen molar-refractivity contribution >= 4 is 27.9 Å². The molecule has 0 aliphatic heterocycles. The molecule has 6 heteroatoms. The predicted octanol–water partition coefficient (Wildman–Crippen LogP) is 3.49. The maximum absolute atomic E-state index is 12.9. The molecule has 0 aliphatic carbocycles. The van der Waals surface area contributed by atoms with Crippen LogP contribution in [-0.4, -0.2) is 22.8 Å². The van der Waals surface area contributed by atoms with Crippen molar-refractivity contribution in [3.8, 4) is 5.75 Å². The number of aromatic carboxylic acids is 1. The molecule has 0 aliphatic rings. The summed E-state index contributed by atoms with van der Waals surface area (Å²) in [6.45, 7) is 4.02. The number of aliphatic hydroxyl groups is 1. The number of benzene rings is 2. The van der Waals surface area contributed by atoms with Crippen molar-refractivity contribution in [3.63, 3.8) is 0 Å². The maximum atomic E-state index is 12.9. The third-order valence-electron chi connectivity index (χ3n) is 4.08. The first-order valence-corrected chi connectivity index (χ1v) is 8.04. The van der Waals surface area contributed by atoms with Crippen molar-refractivity contribution < 1.29 is 24.2 Å². The Bertz CT molecular complexity index is 1020. The van der Waals surface area contributed by atoms with E-state index in [0.29, 0.717) is 24.3 Å². The molecule has 1 heterocycles. The summed E-state index contributed by atoms with van der Waals surface area (Å²) in [5.74, 6) is -0.740. The van der Waals surface area contributed by atoms with Crippen LogP contribution < -0.4 is 10.2 Å². The van der Waals surface area contributed by atoms with Crippen LogP contribution in [0.3, 0.4) is 0 Å². The minimum absolute atomic E-state index is 0.00827. The third-order valence-corrected chi connectivity index (χ3v) is 4.08. The highest BCUT2D eigenvalue weighted by Gasteiger charge is 2.17. The standard InChI is InChI=1S/C19H18O6/c1-3-14(20)11-8-13-17(21)12-7-10(19(22)23)5-6-15(12)25-18(13)16(9-11)24-4-2/h5-9,14,20H,3-4H2,1-2H3,(H,22,23). The first-order chi connectivity index (χ1) is 12.0. The Kier molecular flexibility index (Phi) is 4.46. The molecule has 25 heavy (non-hydrogen) atoms. The van der Waals surface area contributed by atoms with E-state index < -0.39 is 12.1 Å². The minimum Gasteiger partial charge on any atom is -0.490 e. The summed E-state index contributed by atoms with van der Waals surface area (Å²) in [5.41, 5.74) is 0.778. The summed E-state index contributed by atoms with van der Waals surface area (Å²) in [7, 11) is 0. The van der Waals surface area contributed by atoms with Crippen LogP contribution in [0.5, 0.6) is 5.75 Å². The van der Waals surface area contributed by atoms with Crippen LogP contribution in [-0.2, 0) is 0 Å². The highest BCUT2D eigenvalue weighted by Crippen LogP contribution is 2.32. The fraction of sp³-hybridized carbons (Fsp3) is 0.263. The van der Waals surface area contributed by atoms with Gasteiger partial charge < -0.3 is 19.4 Å². The van der Waals surface area contributed by atoms with Crippen LogP contribution >= 0.6 is 0 Å². The summed E-state index contributed by atoms with van der Waals surface area (Å²) in [6.07, 6.45) is -0.247. The Labute approximate surface area is 143 Å². The van der Waals surface area contributed by atoms with Gasteiger partial charge in [-0.3, -0.25) is 4.79 Å². The molecule has 0 amide bonds. The van der Waals surface area contributed by atoms with Gasteiger partial charge in [0.05, 0.1) is 29.0 Å². The van der Waals surface area contributed by atoms with Gasteiger partial charge in [-0.05, 0) is 49.2 Å². The lowest BCUT2D eigenvalue weighted by Crippen LogP contribution is -2.07. The molecule has 1 aromatic heterocycles. The highest BCUT2D eigenvalue weighted by atomic mass is 16.5. The molecule has 1 atom stereocenters. The Morgan fingerprint density at radius 3 is 2.60 bits per heavy atom. The topological polar surface area (TPSA) is 97.0 Å². The first-order valence-electron chi connectivity index (χ1n) is 8.04. The summed E-state index contributed by atoms with van der Waals surface area (Å²) in [4.78, 5) is 24.0. The van der Waals surface area contributed by atoms with Crippen LogP contribution in [0.15, 0.2) is 39.5 Å². The Balaban J connectivity index is 2.39. The lowest BCUT2D eigenvalue weighted by Gasteiger charge is -2.13. The zero-order valence-electron chi connectivity index (χ0n) is 13.9. The van der Waals surface area contributed by atoms with Crippen molar-refractivity contribution in [1.29, 1.82) is 0 Å². The second-order valence-corrected chi connectivity index (χ2v) is 5.70.